The van der Waals surface area contributed by atoms with E-state index in [0.717, 1.165) is 26.0 Å². The third-order valence-electron chi connectivity index (χ3n) is 4.85. The van der Waals surface area contributed by atoms with Crippen molar-refractivity contribution in [3.8, 4) is 0 Å². The fourth-order valence-electron chi connectivity index (χ4n) is 3.87. The predicted molar refractivity (Wildman–Crippen MR) is 72.5 cm³/mol. The number of alkyl halides is 1. The molecule has 4 atom stereocenters. The van der Waals surface area contributed by atoms with Crippen molar-refractivity contribution in [3.63, 3.8) is 0 Å². The van der Waals surface area contributed by atoms with Crippen molar-refractivity contribution in [1.29, 1.82) is 0 Å². The van der Waals surface area contributed by atoms with E-state index in [9.17, 15) is 0 Å². The van der Waals surface area contributed by atoms with Gasteiger partial charge in [0.25, 0.3) is 0 Å². The number of hydrogen-bond acceptors (Lipinski definition) is 2. The second-order valence-corrected chi connectivity index (χ2v) is 6.27. The topological polar surface area (TPSA) is 21.3 Å². The maximum absolute atomic E-state index is 15.1. The van der Waals surface area contributed by atoms with Crippen LogP contribution in [0, 0.1) is 11.8 Å². The molecule has 1 aliphatic heterocycles. The molecule has 0 radical (unpaired) electrons. The molecular formula is C15H28FNO. The van der Waals surface area contributed by atoms with E-state index in [2.05, 4.69) is 12.2 Å². The summed E-state index contributed by atoms with van der Waals surface area (Å²) in [5, 5.41) is 3.38. The van der Waals surface area contributed by atoms with Crippen LogP contribution in [0.15, 0.2) is 0 Å². The van der Waals surface area contributed by atoms with Crippen molar-refractivity contribution in [1.82, 2.24) is 5.32 Å². The molecule has 106 valence electrons. The third-order valence-corrected chi connectivity index (χ3v) is 4.85. The summed E-state index contributed by atoms with van der Waals surface area (Å²) in [5.74, 6) is 0.832. The quantitative estimate of drug-likeness (QED) is 0.834. The van der Waals surface area contributed by atoms with Crippen LogP contribution < -0.4 is 5.32 Å². The molecule has 2 rings (SSSR count). The molecule has 1 heterocycles. The van der Waals surface area contributed by atoms with Crippen LogP contribution in [0.4, 0.5) is 4.39 Å². The molecular weight excluding hydrogens is 229 g/mol. The Labute approximate surface area is 111 Å². The molecule has 0 amide bonds. The van der Waals surface area contributed by atoms with E-state index < -0.39 is 5.67 Å². The first-order chi connectivity index (χ1) is 8.63. The Morgan fingerprint density at radius 3 is 2.78 bits per heavy atom. The first-order valence-corrected chi connectivity index (χ1v) is 7.63. The summed E-state index contributed by atoms with van der Waals surface area (Å²) in [6.07, 6.45) is 6.51. The second kappa shape index (κ2) is 6.33. The molecule has 2 fully saturated rings. The zero-order valence-electron chi connectivity index (χ0n) is 11.9. The summed E-state index contributed by atoms with van der Waals surface area (Å²) < 4.78 is 20.5. The fourth-order valence-corrected chi connectivity index (χ4v) is 3.87. The number of ether oxygens (including phenoxy) is 1. The average Bonchev–Trinajstić information content (AvgIpc) is 2.39. The first kappa shape index (κ1) is 14.3. The van der Waals surface area contributed by atoms with Gasteiger partial charge in [0, 0.05) is 12.6 Å². The summed E-state index contributed by atoms with van der Waals surface area (Å²) in [5.41, 5.74) is -1.04. The van der Waals surface area contributed by atoms with Crippen LogP contribution in [0.25, 0.3) is 0 Å². The van der Waals surface area contributed by atoms with Crippen molar-refractivity contribution in [3.05, 3.63) is 0 Å². The van der Waals surface area contributed by atoms with Gasteiger partial charge in [-0.2, -0.15) is 0 Å². The summed E-state index contributed by atoms with van der Waals surface area (Å²) in [4.78, 5) is 0. The molecule has 1 saturated heterocycles. The Morgan fingerprint density at radius 1 is 1.33 bits per heavy atom. The van der Waals surface area contributed by atoms with E-state index in [1.807, 2.05) is 6.92 Å². The molecule has 18 heavy (non-hydrogen) atoms. The van der Waals surface area contributed by atoms with Gasteiger partial charge in [-0.15, -0.1) is 0 Å². The van der Waals surface area contributed by atoms with Gasteiger partial charge in [-0.1, -0.05) is 32.6 Å². The molecule has 0 bridgehead atoms. The molecule has 0 aromatic carbocycles. The van der Waals surface area contributed by atoms with Gasteiger partial charge in [-0.25, -0.2) is 4.39 Å². The number of halogens is 1. The highest BCUT2D eigenvalue weighted by Gasteiger charge is 2.41. The van der Waals surface area contributed by atoms with Gasteiger partial charge >= 0.3 is 0 Å². The van der Waals surface area contributed by atoms with Gasteiger partial charge in [-0.3, -0.25) is 0 Å². The van der Waals surface area contributed by atoms with E-state index in [1.54, 1.807) is 0 Å². The van der Waals surface area contributed by atoms with Gasteiger partial charge < -0.3 is 10.1 Å². The number of hydrogen-bond donors (Lipinski definition) is 1. The van der Waals surface area contributed by atoms with Crippen molar-refractivity contribution in [2.75, 3.05) is 19.8 Å². The lowest BCUT2D eigenvalue weighted by atomic mass is 9.69. The van der Waals surface area contributed by atoms with Crippen molar-refractivity contribution in [2.45, 2.75) is 64.1 Å². The lowest BCUT2D eigenvalue weighted by molar-refractivity contribution is -0.00616. The molecule has 0 aromatic rings. The Hall–Kier alpha value is -0.150. The SMILES string of the molecule is CCC1CCCCC1C(C)(F)CC1COCCN1. The molecule has 1 N–H and O–H groups in total. The average molecular weight is 257 g/mol. The molecule has 0 aromatic heterocycles. The summed E-state index contributed by atoms with van der Waals surface area (Å²) in [7, 11) is 0. The number of rotatable bonds is 4. The highest BCUT2D eigenvalue weighted by Crippen LogP contribution is 2.43. The maximum atomic E-state index is 15.1. The monoisotopic (exact) mass is 257 g/mol. The van der Waals surface area contributed by atoms with Crippen molar-refractivity contribution < 1.29 is 9.13 Å². The molecule has 2 nitrogen and oxygen atoms in total. The molecule has 4 unspecified atom stereocenters. The normalized spacial score (nSPS) is 37.2. The van der Waals surface area contributed by atoms with E-state index in [4.69, 9.17) is 4.74 Å². The highest BCUT2D eigenvalue weighted by molar-refractivity contribution is 4.92. The van der Waals surface area contributed by atoms with Crippen molar-refractivity contribution in [2.24, 2.45) is 11.8 Å². The molecule has 1 saturated carbocycles. The summed E-state index contributed by atoms with van der Waals surface area (Å²) in [6.45, 7) is 6.33. The van der Waals surface area contributed by atoms with Crippen LogP contribution in [0.3, 0.4) is 0 Å². The second-order valence-electron chi connectivity index (χ2n) is 6.27. The largest absolute Gasteiger partial charge is 0.379 e. The first-order valence-electron chi connectivity index (χ1n) is 7.63. The summed E-state index contributed by atoms with van der Waals surface area (Å²) in [6, 6.07) is 0.202. The zero-order chi connectivity index (χ0) is 13.0. The van der Waals surface area contributed by atoms with Crippen LogP contribution in [-0.4, -0.2) is 31.5 Å². The van der Waals surface area contributed by atoms with Crippen LogP contribution in [0.1, 0.15) is 52.4 Å². The fraction of sp³-hybridized carbons (Fsp3) is 1.00. The minimum atomic E-state index is -1.04. The minimum absolute atomic E-state index is 0.202. The standard InChI is InChI=1S/C15H28FNO/c1-3-12-6-4-5-7-14(12)15(2,16)10-13-11-18-9-8-17-13/h12-14,17H,3-11H2,1-2H3. The third kappa shape index (κ3) is 3.45. The Morgan fingerprint density at radius 2 is 2.11 bits per heavy atom. The summed E-state index contributed by atoms with van der Waals surface area (Å²) >= 11 is 0. The smallest absolute Gasteiger partial charge is 0.112 e. The van der Waals surface area contributed by atoms with Gasteiger partial charge in [0.15, 0.2) is 0 Å². The minimum Gasteiger partial charge on any atom is -0.379 e. The molecule has 3 heteroatoms. The lowest BCUT2D eigenvalue weighted by Gasteiger charge is -2.41. The number of nitrogens with one attached hydrogen (secondary N) is 1. The molecule has 0 spiro atoms. The van der Waals surface area contributed by atoms with E-state index in [0.29, 0.717) is 18.9 Å². The number of morpholine rings is 1. The highest BCUT2D eigenvalue weighted by atomic mass is 19.1. The van der Waals surface area contributed by atoms with E-state index >= 15 is 4.39 Å². The predicted octanol–water partition coefficient (Wildman–Crippen LogP) is 3.31. The van der Waals surface area contributed by atoms with Gasteiger partial charge in [-0.05, 0) is 31.6 Å². The van der Waals surface area contributed by atoms with Gasteiger partial charge in [0.2, 0.25) is 0 Å². The van der Waals surface area contributed by atoms with E-state index in [1.165, 1.54) is 19.3 Å². The van der Waals surface area contributed by atoms with Crippen molar-refractivity contribution >= 4 is 0 Å². The van der Waals surface area contributed by atoms with Gasteiger partial charge in [0.05, 0.1) is 13.2 Å². The van der Waals surface area contributed by atoms with Gasteiger partial charge in [0.1, 0.15) is 5.67 Å². The van der Waals surface area contributed by atoms with E-state index in [-0.39, 0.29) is 12.0 Å². The maximum Gasteiger partial charge on any atom is 0.112 e. The Bertz CT molecular complexity index is 251. The van der Waals surface area contributed by atoms with Crippen LogP contribution in [0.2, 0.25) is 0 Å². The van der Waals surface area contributed by atoms with Crippen LogP contribution >= 0.6 is 0 Å². The molecule has 2 aliphatic rings. The Balaban J connectivity index is 1.94. The molecule has 1 aliphatic carbocycles. The van der Waals surface area contributed by atoms with Crippen LogP contribution in [-0.2, 0) is 4.74 Å². The lowest BCUT2D eigenvalue weighted by Crippen LogP contribution is -2.48. The zero-order valence-corrected chi connectivity index (χ0v) is 11.9. The van der Waals surface area contributed by atoms with Crippen LogP contribution in [0.5, 0.6) is 0 Å². The Kier molecular flexibility index (Phi) is 5.02.